The lowest BCUT2D eigenvalue weighted by Crippen LogP contribution is -2.37. The summed E-state index contributed by atoms with van der Waals surface area (Å²) >= 11 is 5.85. The summed E-state index contributed by atoms with van der Waals surface area (Å²) in [6, 6.07) is 9.98. The van der Waals surface area contributed by atoms with Crippen LogP contribution in [0.15, 0.2) is 53.6 Å². The van der Waals surface area contributed by atoms with Crippen LogP contribution in [-0.2, 0) is 6.18 Å². The van der Waals surface area contributed by atoms with E-state index < -0.39 is 23.8 Å². The number of carbonyl (C=O) groups is 1. The van der Waals surface area contributed by atoms with Gasteiger partial charge in [-0.15, -0.1) is 0 Å². The number of alkyl halides is 3. The van der Waals surface area contributed by atoms with Gasteiger partial charge in [-0.25, -0.2) is 9.80 Å². The van der Waals surface area contributed by atoms with E-state index in [0.717, 1.165) is 22.7 Å². The number of carbonyl (C=O) groups excluding carboxylic acids is 1. The van der Waals surface area contributed by atoms with Crippen molar-refractivity contribution in [3.05, 3.63) is 64.7 Å². The number of benzene rings is 2. The highest BCUT2D eigenvalue weighted by Gasteiger charge is 2.31. The lowest BCUT2D eigenvalue weighted by molar-refractivity contribution is -0.137. The summed E-state index contributed by atoms with van der Waals surface area (Å²) in [6.45, 7) is 0.157. The van der Waals surface area contributed by atoms with E-state index in [1.54, 1.807) is 24.3 Å². The van der Waals surface area contributed by atoms with Gasteiger partial charge in [0.05, 0.1) is 23.9 Å². The van der Waals surface area contributed by atoms with Crippen molar-refractivity contribution < 1.29 is 18.0 Å². The van der Waals surface area contributed by atoms with Crippen molar-refractivity contribution in [3.63, 3.8) is 0 Å². The monoisotopic (exact) mass is 382 g/mol. The Balaban J connectivity index is 1.71. The van der Waals surface area contributed by atoms with E-state index in [-0.39, 0.29) is 12.2 Å². The van der Waals surface area contributed by atoms with E-state index in [1.165, 1.54) is 12.1 Å². The van der Waals surface area contributed by atoms with Crippen LogP contribution in [0.1, 0.15) is 11.1 Å². The molecule has 0 aromatic heterocycles. The van der Waals surface area contributed by atoms with Crippen LogP contribution in [-0.4, -0.2) is 29.3 Å². The first kappa shape index (κ1) is 18.2. The second-order valence-electron chi connectivity index (χ2n) is 5.69. The predicted molar refractivity (Wildman–Crippen MR) is 93.1 cm³/mol. The Labute approximate surface area is 152 Å². The quantitative estimate of drug-likeness (QED) is 0.826. The fourth-order valence-corrected chi connectivity index (χ4v) is 2.60. The fraction of sp³-hybridized carbons (Fsp3) is 0.176. The van der Waals surface area contributed by atoms with Gasteiger partial charge in [0.2, 0.25) is 0 Å². The largest absolute Gasteiger partial charge is 0.416 e. The second kappa shape index (κ2) is 6.97. The molecule has 2 amide bonds. The molecule has 0 saturated carbocycles. The van der Waals surface area contributed by atoms with E-state index in [2.05, 4.69) is 10.4 Å². The van der Waals surface area contributed by atoms with Crippen LogP contribution < -0.4 is 11.1 Å². The molecule has 0 aliphatic carbocycles. The van der Waals surface area contributed by atoms with E-state index in [1.807, 2.05) is 0 Å². The highest BCUT2D eigenvalue weighted by Crippen LogP contribution is 2.30. The van der Waals surface area contributed by atoms with Crippen LogP contribution in [0.2, 0.25) is 5.02 Å². The van der Waals surface area contributed by atoms with Crippen LogP contribution in [0.4, 0.5) is 23.7 Å². The number of anilines is 1. The van der Waals surface area contributed by atoms with Crippen LogP contribution in [0.3, 0.4) is 0 Å². The number of hydrazone groups is 1. The van der Waals surface area contributed by atoms with E-state index in [9.17, 15) is 18.0 Å². The van der Waals surface area contributed by atoms with Crippen molar-refractivity contribution in [2.45, 2.75) is 12.2 Å². The summed E-state index contributed by atoms with van der Waals surface area (Å²) in [6.07, 6.45) is -4.43. The highest BCUT2D eigenvalue weighted by molar-refractivity contribution is 6.30. The van der Waals surface area contributed by atoms with E-state index in [4.69, 9.17) is 17.3 Å². The molecule has 1 heterocycles. The molecule has 0 bridgehead atoms. The summed E-state index contributed by atoms with van der Waals surface area (Å²) in [5.41, 5.74) is 6.74. The summed E-state index contributed by atoms with van der Waals surface area (Å²) in [5, 5.41) is 8.42. The molecular weight excluding hydrogens is 369 g/mol. The van der Waals surface area contributed by atoms with E-state index >= 15 is 0 Å². The maximum atomic E-state index is 12.6. The summed E-state index contributed by atoms with van der Waals surface area (Å²) in [4.78, 5) is 12.3. The van der Waals surface area contributed by atoms with Crippen LogP contribution in [0.25, 0.3) is 0 Å². The summed E-state index contributed by atoms with van der Waals surface area (Å²) < 4.78 is 37.7. The third-order valence-electron chi connectivity index (χ3n) is 3.79. The number of nitrogens with one attached hydrogen (secondary N) is 1. The van der Waals surface area contributed by atoms with Gasteiger partial charge >= 0.3 is 12.2 Å². The normalized spacial score (nSPS) is 17.2. The average molecular weight is 383 g/mol. The van der Waals surface area contributed by atoms with Crippen molar-refractivity contribution in [3.8, 4) is 0 Å². The minimum Gasteiger partial charge on any atom is -0.321 e. The molecule has 9 heteroatoms. The molecule has 1 aliphatic heterocycles. The lowest BCUT2D eigenvalue weighted by Gasteiger charge is -2.14. The number of nitrogens with two attached hydrogens (primary N) is 1. The molecular formula is C17H14ClF3N4O. The zero-order valence-electron chi connectivity index (χ0n) is 13.3. The molecule has 2 aromatic rings. The first-order valence-electron chi connectivity index (χ1n) is 7.60. The van der Waals surface area contributed by atoms with Gasteiger partial charge in [0.1, 0.15) is 0 Å². The fourth-order valence-electron chi connectivity index (χ4n) is 2.47. The average Bonchev–Trinajstić information content (AvgIpc) is 2.97. The SMILES string of the molecule is NC1CN(C(=O)Nc2ccc(C(F)(F)F)cc2)N=C1c1ccc(Cl)cc1. The summed E-state index contributed by atoms with van der Waals surface area (Å²) in [7, 11) is 0. The van der Waals surface area contributed by atoms with Gasteiger partial charge in [0, 0.05) is 10.7 Å². The van der Waals surface area contributed by atoms with Gasteiger partial charge in [0.25, 0.3) is 0 Å². The Bertz CT molecular complexity index is 835. The molecule has 136 valence electrons. The molecule has 5 nitrogen and oxygen atoms in total. The smallest absolute Gasteiger partial charge is 0.321 e. The van der Waals surface area contributed by atoms with Crippen molar-refractivity contribution in [1.82, 2.24) is 5.01 Å². The Morgan fingerprint density at radius 1 is 1.15 bits per heavy atom. The summed E-state index contributed by atoms with van der Waals surface area (Å²) in [5.74, 6) is 0. The molecule has 1 aliphatic rings. The van der Waals surface area contributed by atoms with Crippen molar-refractivity contribution in [1.29, 1.82) is 0 Å². The van der Waals surface area contributed by atoms with Crippen LogP contribution in [0.5, 0.6) is 0 Å². The molecule has 26 heavy (non-hydrogen) atoms. The minimum absolute atomic E-state index is 0.157. The zero-order chi connectivity index (χ0) is 18.9. The third-order valence-corrected chi connectivity index (χ3v) is 4.04. The molecule has 1 unspecified atom stereocenters. The first-order chi connectivity index (χ1) is 12.2. The molecule has 1 atom stereocenters. The van der Waals surface area contributed by atoms with E-state index in [0.29, 0.717) is 10.7 Å². The van der Waals surface area contributed by atoms with Gasteiger partial charge in [-0.05, 0) is 42.0 Å². The zero-order valence-corrected chi connectivity index (χ0v) is 14.1. The molecule has 3 rings (SSSR count). The number of hydrogen-bond donors (Lipinski definition) is 2. The van der Waals surface area contributed by atoms with Crippen LogP contribution >= 0.6 is 11.6 Å². The lowest BCUT2D eigenvalue weighted by atomic mass is 10.1. The predicted octanol–water partition coefficient (Wildman–Crippen LogP) is 3.94. The van der Waals surface area contributed by atoms with Gasteiger partial charge in [-0.2, -0.15) is 18.3 Å². The maximum absolute atomic E-state index is 12.6. The minimum atomic E-state index is -4.43. The number of urea groups is 1. The first-order valence-corrected chi connectivity index (χ1v) is 7.97. The topological polar surface area (TPSA) is 70.7 Å². The number of rotatable bonds is 2. The standard InChI is InChI=1S/C17H14ClF3N4O/c18-12-5-1-10(2-6-12)15-14(22)9-25(24-15)16(26)23-13-7-3-11(4-8-13)17(19,20)21/h1-8,14H,9,22H2,(H,23,26). The Kier molecular flexibility index (Phi) is 4.88. The molecule has 0 radical (unpaired) electrons. The molecule has 3 N–H and O–H groups in total. The Morgan fingerprint density at radius 3 is 2.35 bits per heavy atom. The van der Waals surface area contributed by atoms with Gasteiger partial charge in [-0.1, -0.05) is 23.7 Å². The van der Waals surface area contributed by atoms with Crippen LogP contribution in [0, 0.1) is 0 Å². The number of amides is 2. The van der Waals surface area contributed by atoms with Gasteiger partial charge in [-0.3, -0.25) is 0 Å². The van der Waals surface area contributed by atoms with Gasteiger partial charge in [0.15, 0.2) is 0 Å². The molecule has 2 aromatic carbocycles. The highest BCUT2D eigenvalue weighted by atomic mass is 35.5. The van der Waals surface area contributed by atoms with Crippen molar-refractivity contribution in [2.24, 2.45) is 10.8 Å². The number of nitrogens with zero attached hydrogens (tertiary/aromatic N) is 2. The Morgan fingerprint density at radius 2 is 1.77 bits per heavy atom. The molecule has 0 fully saturated rings. The van der Waals surface area contributed by atoms with Gasteiger partial charge < -0.3 is 11.1 Å². The second-order valence-corrected chi connectivity index (χ2v) is 6.12. The van der Waals surface area contributed by atoms with Crippen molar-refractivity contribution in [2.75, 3.05) is 11.9 Å². The van der Waals surface area contributed by atoms with Crippen molar-refractivity contribution >= 4 is 29.0 Å². The Hall–Kier alpha value is -2.58. The molecule has 0 spiro atoms. The maximum Gasteiger partial charge on any atom is 0.416 e. The number of hydrogen-bond acceptors (Lipinski definition) is 3. The molecule has 0 saturated heterocycles. The number of halogens is 4. The third kappa shape index (κ3) is 3.97.